The number of aliphatic carboxylic acids is 4. The topological polar surface area (TPSA) is 253 Å². The standard InChI is InChI=1S/C43H47N5O10/c1-7-26-20(3)30-15-31-22(5)28(10-9-25(49)13-24(42(55)56)14-40(51)52)36(46-31)18-37-29(11-12-39(50)48-38(43(57)58)19-41(53)54)23(6)33(47-37)17-35-27(8-2)21(4)32(45-35)16-34(26)44-30/h7-8,15-18,22,24,28,38,45,47H,1-2,9-14,19H2,3-6H3,(H,48,50)(H,51,52)(H,53,54)(H,55,56)(H,57,58)/t22?,24?,28?,38-/m0/s1. The number of carbonyl (C=O) groups is 6. The van der Waals surface area contributed by atoms with Crippen LogP contribution in [0.25, 0.3) is 39.3 Å². The van der Waals surface area contributed by atoms with Crippen LogP contribution >= 0.6 is 0 Å². The molecule has 0 spiro atoms. The maximum absolute atomic E-state index is 13.2. The molecule has 3 unspecified atom stereocenters. The lowest BCUT2D eigenvalue weighted by molar-refractivity contribution is -0.149. The monoisotopic (exact) mass is 793 g/mol. The van der Waals surface area contributed by atoms with Gasteiger partial charge in [-0.15, -0.1) is 0 Å². The molecule has 1 amide bonds. The van der Waals surface area contributed by atoms with Crippen LogP contribution in [0.1, 0.15) is 109 Å². The fourth-order valence-electron chi connectivity index (χ4n) is 7.65. The van der Waals surface area contributed by atoms with Crippen LogP contribution in [0.3, 0.4) is 0 Å². The fraction of sp³-hybridized carbons (Fsp3) is 0.349. The number of nitrogens with one attached hydrogen (secondary N) is 3. The molecule has 58 heavy (non-hydrogen) atoms. The van der Waals surface area contributed by atoms with E-state index in [0.717, 1.165) is 44.4 Å². The SMILES string of the molecule is C=CC1=C(C)c2cc3nc(cc4[nH]c(cc5[nH]c(cc1n2)c(C)c5C=C)c(C)c4CCC(=O)N[C@@H](CC(=O)O)C(=O)O)C(CCC(=O)CC(CC(=O)O)C(=O)O)C3C. The number of hydrogen-bond donors (Lipinski definition) is 7. The number of aromatic amines is 2. The first-order chi connectivity index (χ1) is 27.4. The van der Waals surface area contributed by atoms with Crippen molar-refractivity contribution in [2.45, 2.75) is 90.5 Å². The number of carboxylic acid groups (broad SMARTS) is 4. The molecule has 2 aliphatic heterocycles. The second-order valence-corrected chi connectivity index (χ2v) is 14.8. The molecule has 0 saturated carbocycles. The number of rotatable bonds is 17. The molecular formula is C43H47N5O10. The number of carboxylic acids is 4. The summed E-state index contributed by atoms with van der Waals surface area (Å²) in [6, 6.07) is 6.03. The van der Waals surface area contributed by atoms with Gasteiger partial charge in [0.25, 0.3) is 0 Å². The number of ketones is 1. The number of aromatic nitrogens is 4. The quantitative estimate of drug-likeness (QED) is 0.0777. The highest BCUT2D eigenvalue weighted by Gasteiger charge is 2.32. The Bertz CT molecular complexity index is 2440. The number of fused-ring (bicyclic) bond motifs is 8. The van der Waals surface area contributed by atoms with Gasteiger partial charge in [0.05, 0.1) is 30.1 Å². The van der Waals surface area contributed by atoms with Crippen molar-refractivity contribution in [1.29, 1.82) is 0 Å². The normalized spacial score (nSPS) is 16.0. The van der Waals surface area contributed by atoms with Gasteiger partial charge in [0.15, 0.2) is 0 Å². The molecule has 8 bridgehead atoms. The van der Waals surface area contributed by atoms with Gasteiger partial charge in [0.1, 0.15) is 11.8 Å². The molecule has 5 rings (SSSR count). The van der Waals surface area contributed by atoms with Crippen LogP contribution in [-0.2, 0) is 35.2 Å². The van der Waals surface area contributed by atoms with Gasteiger partial charge >= 0.3 is 23.9 Å². The summed E-state index contributed by atoms with van der Waals surface area (Å²) in [5.74, 6) is -8.47. The third-order valence-electron chi connectivity index (χ3n) is 11.0. The Labute approximate surface area is 333 Å². The molecule has 0 radical (unpaired) electrons. The van der Waals surface area contributed by atoms with E-state index in [1.54, 1.807) is 12.2 Å². The molecule has 2 aliphatic rings. The summed E-state index contributed by atoms with van der Waals surface area (Å²) in [6.45, 7) is 15.9. The molecule has 4 atom stereocenters. The predicted octanol–water partition coefficient (Wildman–Crippen LogP) is 6.47. The molecule has 304 valence electrons. The molecule has 0 aromatic carbocycles. The third-order valence-corrected chi connectivity index (χ3v) is 11.0. The summed E-state index contributed by atoms with van der Waals surface area (Å²) in [4.78, 5) is 89.1. The van der Waals surface area contributed by atoms with Gasteiger partial charge in [0.2, 0.25) is 5.91 Å². The minimum Gasteiger partial charge on any atom is -0.481 e. The van der Waals surface area contributed by atoms with Crippen LogP contribution in [0.4, 0.5) is 0 Å². The minimum atomic E-state index is -1.61. The summed E-state index contributed by atoms with van der Waals surface area (Å²) in [6.07, 6.45) is 1.86. The van der Waals surface area contributed by atoms with Gasteiger partial charge < -0.3 is 35.7 Å². The van der Waals surface area contributed by atoms with Crippen LogP contribution in [0.15, 0.2) is 43.5 Å². The molecule has 5 heterocycles. The van der Waals surface area contributed by atoms with Crippen LogP contribution in [-0.4, -0.2) is 82.0 Å². The number of allylic oxidation sites excluding steroid dienone is 3. The third kappa shape index (κ3) is 9.31. The second-order valence-electron chi connectivity index (χ2n) is 14.8. The largest absolute Gasteiger partial charge is 0.481 e. The van der Waals surface area contributed by atoms with E-state index in [1.807, 2.05) is 52.0 Å². The van der Waals surface area contributed by atoms with Gasteiger partial charge in [-0.05, 0) is 80.1 Å². The molecule has 15 heteroatoms. The first-order valence-corrected chi connectivity index (χ1v) is 18.8. The Morgan fingerprint density at radius 1 is 0.759 bits per heavy atom. The van der Waals surface area contributed by atoms with Crippen LogP contribution in [0, 0.1) is 19.8 Å². The minimum absolute atomic E-state index is 0.0264. The lowest BCUT2D eigenvalue weighted by Crippen LogP contribution is -2.42. The lowest BCUT2D eigenvalue weighted by atomic mass is 9.85. The van der Waals surface area contributed by atoms with Crippen molar-refractivity contribution < 1.29 is 49.2 Å². The summed E-state index contributed by atoms with van der Waals surface area (Å²) < 4.78 is 0. The molecule has 0 fully saturated rings. The lowest BCUT2D eigenvalue weighted by Gasteiger charge is -2.16. The van der Waals surface area contributed by atoms with Gasteiger partial charge in [-0.2, -0.15) is 0 Å². The Balaban J connectivity index is 1.69. The highest BCUT2D eigenvalue weighted by Crippen LogP contribution is 2.41. The zero-order chi connectivity index (χ0) is 42.6. The number of H-pyrrole nitrogens is 2. The first kappa shape index (κ1) is 42.5. The van der Waals surface area contributed by atoms with E-state index in [4.69, 9.17) is 15.1 Å². The Hall–Kier alpha value is -6.64. The van der Waals surface area contributed by atoms with Crippen LogP contribution < -0.4 is 5.32 Å². The Morgan fingerprint density at radius 3 is 2.05 bits per heavy atom. The smallest absolute Gasteiger partial charge is 0.326 e. The molecule has 7 N–H and O–H groups in total. The summed E-state index contributed by atoms with van der Waals surface area (Å²) in [7, 11) is 0. The van der Waals surface area contributed by atoms with Gasteiger partial charge in [-0.3, -0.25) is 29.0 Å². The molecule has 0 aliphatic carbocycles. The maximum atomic E-state index is 13.2. The molecule has 0 saturated heterocycles. The highest BCUT2D eigenvalue weighted by molar-refractivity contribution is 5.97. The summed E-state index contributed by atoms with van der Waals surface area (Å²) >= 11 is 0. The van der Waals surface area contributed by atoms with E-state index in [-0.39, 0.29) is 43.3 Å². The van der Waals surface area contributed by atoms with Crippen molar-refractivity contribution in [3.05, 3.63) is 88.5 Å². The highest BCUT2D eigenvalue weighted by atomic mass is 16.4. The van der Waals surface area contributed by atoms with Crippen LogP contribution in [0.2, 0.25) is 0 Å². The number of hydrogen-bond acceptors (Lipinski definition) is 8. The van der Waals surface area contributed by atoms with E-state index < -0.39 is 61.0 Å². The average Bonchev–Trinajstić information content (AvgIpc) is 3.81. The van der Waals surface area contributed by atoms with Crippen LogP contribution in [0.5, 0.6) is 0 Å². The summed E-state index contributed by atoms with van der Waals surface area (Å²) in [5.41, 5.74) is 10.6. The zero-order valence-corrected chi connectivity index (χ0v) is 32.8. The summed E-state index contributed by atoms with van der Waals surface area (Å²) in [5, 5.41) is 39.7. The van der Waals surface area contributed by atoms with Crippen molar-refractivity contribution in [3.63, 3.8) is 0 Å². The molecule has 3 aromatic rings. The maximum Gasteiger partial charge on any atom is 0.326 e. The molecule has 15 nitrogen and oxygen atoms in total. The van der Waals surface area contributed by atoms with Crippen molar-refractivity contribution in [2.75, 3.05) is 0 Å². The Morgan fingerprint density at radius 2 is 1.43 bits per heavy atom. The van der Waals surface area contributed by atoms with E-state index in [2.05, 4.69) is 28.4 Å². The van der Waals surface area contributed by atoms with Crippen molar-refractivity contribution >= 4 is 74.9 Å². The van der Waals surface area contributed by atoms with Crippen molar-refractivity contribution in [2.24, 2.45) is 5.92 Å². The first-order valence-electron chi connectivity index (χ1n) is 18.8. The average molecular weight is 794 g/mol. The van der Waals surface area contributed by atoms with E-state index in [0.29, 0.717) is 33.8 Å². The van der Waals surface area contributed by atoms with E-state index >= 15 is 0 Å². The van der Waals surface area contributed by atoms with Gasteiger partial charge in [-0.1, -0.05) is 32.2 Å². The van der Waals surface area contributed by atoms with Crippen molar-refractivity contribution in [3.8, 4) is 0 Å². The molecular weight excluding hydrogens is 746 g/mol. The fourth-order valence-corrected chi connectivity index (χ4v) is 7.65. The predicted molar refractivity (Wildman–Crippen MR) is 217 cm³/mol. The Kier molecular flexibility index (Phi) is 12.9. The molecule has 3 aromatic heterocycles. The zero-order valence-electron chi connectivity index (χ0n) is 32.8. The number of nitrogens with zero attached hydrogens (tertiary/aromatic N) is 2. The number of aryl methyl sites for hydroxylation is 3. The number of amides is 1. The second kappa shape index (κ2) is 17.7. The number of carbonyl (C=O) groups excluding carboxylic acids is 2. The van der Waals surface area contributed by atoms with Gasteiger partial charge in [-0.25, -0.2) is 9.78 Å². The van der Waals surface area contributed by atoms with Gasteiger partial charge in [0, 0.05) is 75.7 Å². The van der Waals surface area contributed by atoms with Crippen molar-refractivity contribution in [1.82, 2.24) is 25.3 Å². The number of Topliss-reactive ketones (excluding diaryl/α,β-unsaturated/α-hetero) is 1. The van der Waals surface area contributed by atoms with E-state index in [9.17, 15) is 44.1 Å². The van der Waals surface area contributed by atoms with E-state index in [1.165, 1.54) is 0 Å².